The minimum atomic E-state index is -0.999. The third-order valence-electron chi connectivity index (χ3n) is 4.00. The first-order valence-corrected chi connectivity index (χ1v) is 7.43. The molecular formula is C16H23N3O3. The van der Waals surface area contributed by atoms with Crippen LogP contribution in [0.1, 0.15) is 11.6 Å². The maximum absolute atomic E-state index is 12.8. The van der Waals surface area contributed by atoms with E-state index in [0.29, 0.717) is 0 Å². The molecule has 6 heteroatoms. The largest absolute Gasteiger partial charge is 0.480 e. The Labute approximate surface area is 130 Å². The minimum absolute atomic E-state index is 0.168. The van der Waals surface area contributed by atoms with Crippen LogP contribution < -0.4 is 0 Å². The van der Waals surface area contributed by atoms with Gasteiger partial charge in [-0.1, -0.05) is 30.3 Å². The van der Waals surface area contributed by atoms with E-state index < -0.39 is 12.0 Å². The van der Waals surface area contributed by atoms with Crippen LogP contribution in [0.3, 0.4) is 0 Å². The third kappa shape index (κ3) is 4.05. The molecule has 1 heterocycles. The fourth-order valence-corrected chi connectivity index (χ4v) is 2.71. The Bertz CT molecular complexity index is 513. The Morgan fingerprint density at radius 3 is 2.32 bits per heavy atom. The highest BCUT2D eigenvalue weighted by Crippen LogP contribution is 2.24. The maximum atomic E-state index is 12.8. The highest BCUT2D eigenvalue weighted by molar-refractivity contribution is 5.86. The van der Waals surface area contributed by atoms with Crippen molar-refractivity contribution in [2.24, 2.45) is 0 Å². The molecular weight excluding hydrogens is 282 g/mol. The number of piperazine rings is 1. The van der Waals surface area contributed by atoms with Crippen molar-refractivity contribution in [3.63, 3.8) is 0 Å². The first kappa shape index (κ1) is 16.5. The van der Waals surface area contributed by atoms with Crippen molar-refractivity contribution in [1.29, 1.82) is 0 Å². The number of carboxylic acid groups (broad SMARTS) is 1. The van der Waals surface area contributed by atoms with E-state index in [1.165, 1.54) is 4.90 Å². The third-order valence-corrected chi connectivity index (χ3v) is 4.00. The summed E-state index contributed by atoms with van der Waals surface area (Å²) in [6.07, 6.45) is 0. The van der Waals surface area contributed by atoms with Crippen LogP contribution in [0.5, 0.6) is 0 Å². The number of nitrogens with zero attached hydrogens (tertiary/aromatic N) is 3. The highest BCUT2D eigenvalue weighted by atomic mass is 16.4. The van der Waals surface area contributed by atoms with Crippen molar-refractivity contribution in [3.05, 3.63) is 35.9 Å². The predicted molar refractivity (Wildman–Crippen MR) is 83.5 cm³/mol. The second kappa shape index (κ2) is 7.38. The topological polar surface area (TPSA) is 64.1 Å². The summed E-state index contributed by atoms with van der Waals surface area (Å²) in [6, 6.07) is 9.16. The summed E-state index contributed by atoms with van der Waals surface area (Å²) < 4.78 is 0. The number of benzene rings is 1. The van der Waals surface area contributed by atoms with Gasteiger partial charge < -0.3 is 14.9 Å². The molecule has 1 aliphatic rings. The molecule has 120 valence electrons. The van der Waals surface area contributed by atoms with Crippen LogP contribution in [0.25, 0.3) is 0 Å². The van der Waals surface area contributed by atoms with Crippen LogP contribution in [0.15, 0.2) is 30.3 Å². The van der Waals surface area contributed by atoms with Gasteiger partial charge in [-0.15, -0.1) is 0 Å². The molecule has 0 bridgehead atoms. The molecule has 2 rings (SSSR count). The van der Waals surface area contributed by atoms with Crippen LogP contribution in [0, 0.1) is 0 Å². The molecule has 1 fully saturated rings. The van der Waals surface area contributed by atoms with Crippen LogP contribution >= 0.6 is 0 Å². The molecule has 0 aliphatic carbocycles. The van der Waals surface area contributed by atoms with Gasteiger partial charge in [-0.25, -0.2) is 0 Å². The summed E-state index contributed by atoms with van der Waals surface area (Å²) in [6.45, 7) is 3.11. The Hall–Kier alpha value is -1.92. The highest BCUT2D eigenvalue weighted by Gasteiger charge is 2.32. The quantitative estimate of drug-likeness (QED) is 0.859. The lowest BCUT2D eigenvalue weighted by atomic mass is 10.0. The van der Waals surface area contributed by atoms with Gasteiger partial charge in [0.1, 0.15) is 12.6 Å². The predicted octanol–water partition coefficient (Wildman–Crippen LogP) is 0.518. The number of carbonyl (C=O) groups is 2. The molecule has 1 aromatic rings. The molecule has 1 unspecified atom stereocenters. The number of likely N-dealkylation sites (N-methyl/N-ethyl adjacent to an activating group) is 2. The lowest BCUT2D eigenvalue weighted by Crippen LogP contribution is -2.50. The van der Waals surface area contributed by atoms with E-state index in [-0.39, 0.29) is 12.5 Å². The number of amides is 1. The zero-order valence-corrected chi connectivity index (χ0v) is 13.1. The fourth-order valence-electron chi connectivity index (χ4n) is 2.71. The first-order chi connectivity index (χ1) is 10.5. The molecule has 1 amide bonds. The lowest BCUT2D eigenvalue weighted by molar-refractivity contribution is -0.146. The molecule has 1 atom stereocenters. The Kier molecular flexibility index (Phi) is 5.51. The Morgan fingerprint density at radius 1 is 1.18 bits per heavy atom. The van der Waals surface area contributed by atoms with E-state index in [1.807, 2.05) is 30.3 Å². The summed E-state index contributed by atoms with van der Waals surface area (Å²) >= 11 is 0. The summed E-state index contributed by atoms with van der Waals surface area (Å²) in [5.74, 6) is -1.17. The van der Waals surface area contributed by atoms with Crippen molar-refractivity contribution >= 4 is 11.9 Å². The van der Waals surface area contributed by atoms with Crippen molar-refractivity contribution < 1.29 is 14.7 Å². The van der Waals surface area contributed by atoms with Gasteiger partial charge in [0.25, 0.3) is 0 Å². The van der Waals surface area contributed by atoms with Crippen molar-refractivity contribution in [3.8, 4) is 0 Å². The van der Waals surface area contributed by atoms with E-state index in [9.17, 15) is 9.59 Å². The number of hydrogen-bond donors (Lipinski definition) is 1. The smallest absolute Gasteiger partial charge is 0.323 e. The fraction of sp³-hybridized carbons (Fsp3) is 0.500. The van der Waals surface area contributed by atoms with E-state index in [0.717, 1.165) is 31.7 Å². The van der Waals surface area contributed by atoms with Crippen LogP contribution in [0.4, 0.5) is 0 Å². The molecule has 0 spiro atoms. The molecule has 0 saturated carbocycles. The minimum Gasteiger partial charge on any atom is -0.480 e. The average Bonchev–Trinajstić information content (AvgIpc) is 2.50. The van der Waals surface area contributed by atoms with Crippen molar-refractivity contribution in [2.45, 2.75) is 6.04 Å². The van der Waals surface area contributed by atoms with Gasteiger partial charge >= 0.3 is 5.97 Å². The molecule has 6 nitrogen and oxygen atoms in total. The maximum Gasteiger partial charge on any atom is 0.323 e. The number of rotatable bonds is 5. The van der Waals surface area contributed by atoms with Crippen molar-refractivity contribution in [1.82, 2.24) is 14.7 Å². The summed E-state index contributed by atoms with van der Waals surface area (Å²) in [5, 5.41) is 8.92. The summed E-state index contributed by atoms with van der Waals surface area (Å²) in [7, 11) is 3.61. The van der Waals surface area contributed by atoms with Gasteiger partial charge in [0, 0.05) is 33.2 Å². The molecule has 22 heavy (non-hydrogen) atoms. The zero-order chi connectivity index (χ0) is 16.1. The van der Waals surface area contributed by atoms with E-state index >= 15 is 0 Å². The van der Waals surface area contributed by atoms with Crippen molar-refractivity contribution in [2.75, 3.05) is 46.8 Å². The van der Waals surface area contributed by atoms with Gasteiger partial charge in [0.2, 0.25) is 5.91 Å². The summed E-state index contributed by atoms with van der Waals surface area (Å²) in [5.41, 5.74) is 0.911. The number of carboxylic acids is 1. The van der Waals surface area contributed by atoms with Crippen LogP contribution in [0.2, 0.25) is 0 Å². The average molecular weight is 305 g/mol. The Balaban J connectivity index is 2.22. The number of carbonyl (C=O) groups excluding carboxylic acids is 1. The molecule has 1 aliphatic heterocycles. The van der Waals surface area contributed by atoms with Gasteiger partial charge in [0.05, 0.1) is 0 Å². The first-order valence-electron chi connectivity index (χ1n) is 7.43. The van der Waals surface area contributed by atoms with Crippen LogP contribution in [-0.4, -0.2) is 78.5 Å². The second-order valence-corrected chi connectivity index (χ2v) is 5.74. The molecule has 1 aromatic carbocycles. The normalized spacial score (nSPS) is 17.9. The standard InChI is InChI=1S/C16H23N3O3/c1-17-8-10-19(11-9-17)15(13-6-4-3-5-7-13)16(22)18(2)12-14(20)21/h3-7,15H,8-12H2,1-2H3,(H,20,21). The van der Waals surface area contributed by atoms with Gasteiger partial charge in [-0.2, -0.15) is 0 Å². The molecule has 1 saturated heterocycles. The number of aliphatic carboxylic acids is 1. The van der Waals surface area contributed by atoms with Gasteiger partial charge in [-0.3, -0.25) is 14.5 Å². The monoisotopic (exact) mass is 305 g/mol. The van der Waals surface area contributed by atoms with E-state index in [4.69, 9.17) is 5.11 Å². The molecule has 1 N–H and O–H groups in total. The van der Waals surface area contributed by atoms with Gasteiger partial charge in [-0.05, 0) is 12.6 Å². The zero-order valence-electron chi connectivity index (χ0n) is 13.1. The second-order valence-electron chi connectivity index (χ2n) is 5.74. The molecule has 0 aromatic heterocycles. The SMILES string of the molecule is CN1CCN(C(C(=O)N(C)CC(=O)O)c2ccccc2)CC1. The van der Waals surface area contributed by atoms with Gasteiger partial charge in [0.15, 0.2) is 0 Å². The van der Waals surface area contributed by atoms with E-state index in [2.05, 4.69) is 16.8 Å². The van der Waals surface area contributed by atoms with E-state index in [1.54, 1.807) is 7.05 Å². The summed E-state index contributed by atoms with van der Waals surface area (Å²) in [4.78, 5) is 29.3. The Morgan fingerprint density at radius 2 is 1.77 bits per heavy atom. The number of hydrogen-bond acceptors (Lipinski definition) is 4. The lowest BCUT2D eigenvalue weighted by Gasteiger charge is -2.38. The van der Waals surface area contributed by atoms with Crippen LogP contribution in [-0.2, 0) is 9.59 Å². The molecule has 0 radical (unpaired) electrons.